The molecule has 0 spiro atoms. The lowest BCUT2D eigenvalue weighted by molar-refractivity contribution is -0.136. The molecule has 35 heavy (non-hydrogen) atoms. The van der Waals surface area contributed by atoms with Crippen LogP contribution in [-0.4, -0.2) is 50.1 Å². The quantitative estimate of drug-likeness (QED) is 0.246. The van der Waals surface area contributed by atoms with Crippen LogP contribution in [-0.2, 0) is 14.3 Å². The van der Waals surface area contributed by atoms with E-state index in [2.05, 4.69) is 21.2 Å². The van der Waals surface area contributed by atoms with Gasteiger partial charge in [0.05, 0.1) is 32.0 Å². The van der Waals surface area contributed by atoms with Crippen molar-refractivity contribution in [2.75, 3.05) is 20.8 Å². The van der Waals surface area contributed by atoms with Crippen LogP contribution in [0.3, 0.4) is 0 Å². The van der Waals surface area contributed by atoms with E-state index in [-0.39, 0.29) is 29.4 Å². The second-order valence-electron chi connectivity index (χ2n) is 7.26. The van der Waals surface area contributed by atoms with Crippen molar-refractivity contribution in [3.63, 3.8) is 0 Å². The Bertz CT molecular complexity index is 1210. The molecule has 2 aromatic carbocycles. The van der Waals surface area contributed by atoms with E-state index in [1.807, 2.05) is 0 Å². The SMILES string of the molecule is COC(=O)C1=C(C)NC(=O)N[C@@H]1c1ccc(OCC(=O)N/N=C\c2cc(Cl)ccc2O)c(OC)c1. The van der Waals surface area contributed by atoms with Crippen molar-refractivity contribution in [3.05, 3.63) is 63.8 Å². The fraction of sp³-hybridized carbons (Fsp3) is 0.217. The maximum atomic E-state index is 12.3. The number of benzene rings is 2. The number of hydrogen-bond donors (Lipinski definition) is 4. The lowest BCUT2D eigenvalue weighted by atomic mass is 9.95. The fourth-order valence-electron chi connectivity index (χ4n) is 3.29. The summed E-state index contributed by atoms with van der Waals surface area (Å²) in [4.78, 5) is 36.4. The summed E-state index contributed by atoms with van der Waals surface area (Å²) in [6, 6.07) is 7.93. The highest BCUT2D eigenvalue weighted by atomic mass is 35.5. The molecular weight excluding hydrogens is 480 g/mol. The van der Waals surface area contributed by atoms with Crippen molar-refractivity contribution in [1.82, 2.24) is 16.1 Å². The molecule has 0 radical (unpaired) electrons. The number of ether oxygens (including phenoxy) is 3. The Kier molecular flexibility index (Phi) is 8.16. The number of methoxy groups -OCH3 is 2. The van der Waals surface area contributed by atoms with Gasteiger partial charge in [-0.3, -0.25) is 4.79 Å². The van der Waals surface area contributed by atoms with Crippen molar-refractivity contribution < 1.29 is 33.7 Å². The van der Waals surface area contributed by atoms with Crippen LogP contribution in [0.1, 0.15) is 24.1 Å². The number of allylic oxidation sites excluding steroid dienone is 1. The molecule has 0 bridgehead atoms. The first kappa shape index (κ1) is 25.4. The zero-order valence-corrected chi connectivity index (χ0v) is 19.8. The van der Waals surface area contributed by atoms with Crippen LogP contribution in [0.2, 0.25) is 5.02 Å². The fourth-order valence-corrected chi connectivity index (χ4v) is 3.47. The van der Waals surface area contributed by atoms with Gasteiger partial charge in [-0.15, -0.1) is 0 Å². The number of amides is 3. The molecular formula is C23H23ClN4O7. The minimum Gasteiger partial charge on any atom is -0.507 e. The van der Waals surface area contributed by atoms with Gasteiger partial charge in [0.1, 0.15) is 5.75 Å². The number of phenols is 1. The minimum absolute atomic E-state index is 0.0428. The third kappa shape index (κ3) is 6.21. The van der Waals surface area contributed by atoms with Gasteiger partial charge in [-0.25, -0.2) is 15.0 Å². The number of carbonyl (C=O) groups is 3. The molecule has 0 fully saturated rings. The van der Waals surface area contributed by atoms with E-state index in [0.29, 0.717) is 21.8 Å². The second-order valence-corrected chi connectivity index (χ2v) is 7.69. The number of hydrogen-bond acceptors (Lipinski definition) is 8. The average Bonchev–Trinajstić information content (AvgIpc) is 2.83. The van der Waals surface area contributed by atoms with E-state index < -0.39 is 23.9 Å². The zero-order valence-electron chi connectivity index (χ0n) is 19.0. The summed E-state index contributed by atoms with van der Waals surface area (Å²) in [6.45, 7) is 1.21. The normalized spacial score (nSPS) is 15.3. The number of nitrogens with zero attached hydrogens (tertiary/aromatic N) is 1. The van der Waals surface area contributed by atoms with Gasteiger partial charge < -0.3 is 30.0 Å². The molecule has 4 N–H and O–H groups in total. The Morgan fingerprint density at radius 2 is 1.97 bits per heavy atom. The lowest BCUT2D eigenvalue weighted by Crippen LogP contribution is -2.45. The summed E-state index contributed by atoms with van der Waals surface area (Å²) in [5.74, 6) is -0.673. The Morgan fingerprint density at radius 3 is 2.69 bits per heavy atom. The molecule has 2 aromatic rings. The summed E-state index contributed by atoms with van der Waals surface area (Å²) in [5.41, 5.74) is 3.76. The number of urea groups is 1. The van der Waals surface area contributed by atoms with Crippen LogP contribution in [0.15, 0.2) is 52.8 Å². The van der Waals surface area contributed by atoms with Crippen LogP contribution >= 0.6 is 11.6 Å². The van der Waals surface area contributed by atoms with Crippen LogP contribution in [0.5, 0.6) is 17.2 Å². The van der Waals surface area contributed by atoms with E-state index in [1.54, 1.807) is 25.1 Å². The third-order valence-corrected chi connectivity index (χ3v) is 5.17. The molecule has 3 rings (SSSR count). The Morgan fingerprint density at radius 1 is 1.20 bits per heavy atom. The van der Waals surface area contributed by atoms with E-state index in [4.69, 9.17) is 25.8 Å². The average molecular weight is 503 g/mol. The summed E-state index contributed by atoms with van der Waals surface area (Å²) >= 11 is 5.87. The minimum atomic E-state index is -0.778. The number of nitrogens with one attached hydrogen (secondary N) is 3. The molecule has 1 heterocycles. The van der Waals surface area contributed by atoms with Crippen molar-refractivity contribution in [2.45, 2.75) is 13.0 Å². The largest absolute Gasteiger partial charge is 0.507 e. The van der Waals surface area contributed by atoms with Gasteiger partial charge in [-0.2, -0.15) is 5.10 Å². The van der Waals surface area contributed by atoms with E-state index in [0.717, 1.165) is 0 Å². The zero-order chi connectivity index (χ0) is 25.5. The van der Waals surface area contributed by atoms with Crippen molar-refractivity contribution >= 4 is 35.7 Å². The molecule has 0 saturated carbocycles. The summed E-state index contributed by atoms with van der Waals surface area (Å²) in [6.07, 6.45) is 1.25. The predicted octanol–water partition coefficient (Wildman–Crippen LogP) is 2.38. The number of halogens is 1. The third-order valence-electron chi connectivity index (χ3n) is 4.94. The molecule has 184 valence electrons. The van der Waals surface area contributed by atoms with Crippen molar-refractivity contribution in [3.8, 4) is 17.2 Å². The van der Waals surface area contributed by atoms with E-state index >= 15 is 0 Å². The van der Waals surface area contributed by atoms with Gasteiger partial charge in [0, 0.05) is 16.3 Å². The van der Waals surface area contributed by atoms with Crippen LogP contribution < -0.4 is 25.5 Å². The Balaban J connectivity index is 1.69. The van der Waals surface area contributed by atoms with Gasteiger partial charge in [-0.05, 0) is 42.8 Å². The highest BCUT2D eigenvalue weighted by Crippen LogP contribution is 2.34. The number of aromatic hydroxyl groups is 1. The van der Waals surface area contributed by atoms with Gasteiger partial charge >= 0.3 is 12.0 Å². The predicted molar refractivity (Wildman–Crippen MR) is 126 cm³/mol. The second kappa shape index (κ2) is 11.3. The molecule has 12 heteroatoms. The molecule has 1 aliphatic rings. The highest BCUT2D eigenvalue weighted by Gasteiger charge is 2.32. The Hall–Kier alpha value is -4.25. The first-order valence-corrected chi connectivity index (χ1v) is 10.6. The molecule has 0 aromatic heterocycles. The van der Waals surface area contributed by atoms with E-state index in [1.165, 1.54) is 38.6 Å². The number of phenolic OH excluding ortho intramolecular Hbond substituents is 1. The lowest BCUT2D eigenvalue weighted by Gasteiger charge is -2.28. The highest BCUT2D eigenvalue weighted by molar-refractivity contribution is 6.30. The molecule has 3 amide bonds. The standard InChI is InChI=1S/C23H23ClN4O7/c1-12-20(22(31)34-3)21(27-23(32)26-12)13-4-7-17(18(9-13)33-2)35-11-19(30)28-25-10-14-8-15(24)5-6-16(14)29/h4-10,21,29H,11H2,1-3H3,(H,28,30)(H2,26,27,32)/b25-10-/t21-/m1/s1. The first-order chi connectivity index (χ1) is 16.7. The summed E-state index contributed by atoms with van der Waals surface area (Å²) < 4.78 is 15.7. The number of carbonyl (C=O) groups excluding carboxylic acids is 3. The van der Waals surface area contributed by atoms with Crippen LogP contribution in [0.25, 0.3) is 0 Å². The smallest absolute Gasteiger partial charge is 0.337 e. The molecule has 0 unspecified atom stereocenters. The van der Waals surface area contributed by atoms with Crippen LogP contribution in [0.4, 0.5) is 4.79 Å². The molecule has 1 atom stereocenters. The number of hydrazone groups is 1. The van der Waals surface area contributed by atoms with Crippen molar-refractivity contribution in [1.29, 1.82) is 0 Å². The van der Waals surface area contributed by atoms with Gasteiger partial charge in [0.25, 0.3) is 5.91 Å². The first-order valence-electron chi connectivity index (χ1n) is 10.2. The summed E-state index contributed by atoms with van der Waals surface area (Å²) in [7, 11) is 2.66. The van der Waals surface area contributed by atoms with Gasteiger partial charge in [0.15, 0.2) is 18.1 Å². The molecule has 0 saturated heterocycles. The Labute approximate surface area is 205 Å². The number of esters is 1. The van der Waals surface area contributed by atoms with E-state index in [9.17, 15) is 19.5 Å². The maximum Gasteiger partial charge on any atom is 0.337 e. The molecule has 1 aliphatic heterocycles. The van der Waals surface area contributed by atoms with Gasteiger partial charge in [-0.1, -0.05) is 17.7 Å². The van der Waals surface area contributed by atoms with Crippen molar-refractivity contribution in [2.24, 2.45) is 5.10 Å². The molecule has 0 aliphatic carbocycles. The topological polar surface area (TPSA) is 148 Å². The molecule has 11 nitrogen and oxygen atoms in total. The van der Waals surface area contributed by atoms with Gasteiger partial charge in [0.2, 0.25) is 0 Å². The summed E-state index contributed by atoms with van der Waals surface area (Å²) in [5, 5.41) is 19.2. The maximum absolute atomic E-state index is 12.3. The number of rotatable bonds is 8. The van der Waals surface area contributed by atoms with Crippen LogP contribution in [0, 0.1) is 0 Å². The monoisotopic (exact) mass is 502 g/mol.